The molecular weight excluding hydrogens is 272 g/mol. The zero-order valence-electron chi connectivity index (χ0n) is 10.9. The molecule has 0 aromatic carbocycles. The minimum absolute atomic E-state index is 0.0355. The Kier molecular flexibility index (Phi) is 4.92. The molecule has 0 heterocycles. The molecule has 4 N–H and O–H groups in total. The van der Waals surface area contributed by atoms with E-state index >= 15 is 0 Å². The second kappa shape index (κ2) is 5.87. The summed E-state index contributed by atoms with van der Waals surface area (Å²) in [4.78, 5) is 22.6. The highest BCUT2D eigenvalue weighted by atomic mass is 32.2. The topological polar surface area (TPSA) is 127 Å². The number of carbonyl (C=O) groups is 2. The molecule has 0 saturated heterocycles. The van der Waals surface area contributed by atoms with Crippen LogP contribution in [0.3, 0.4) is 0 Å². The minimum Gasteiger partial charge on any atom is -0.481 e. The number of aliphatic carboxylic acids is 1. The van der Waals surface area contributed by atoms with Gasteiger partial charge in [0, 0.05) is 6.26 Å². The van der Waals surface area contributed by atoms with Crippen molar-refractivity contribution in [3.8, 4) is 0 Å². The summed E-state index contributed by atoms with van der Waals surface area (Å²) in [6.45, 7) is 0. The Morgan fingerprint density at radius 1 is 1.42 bits per heavy atom. The highest BCUT2D eigenvalue weighted by molar-refractivity contribution is 7.90. The van der Waals surface area contributed by atoms with Crippen molar-refractivity contribution in [1.82, 2.24) is 5.32 Å². The van der Waals surface area contributed by atoms with Crippen molar-refractivity contribution in [1.29, 1.82) is 0 Å². The summed E-state index contributed by atoms with van der Waals surface area (Å²) in [5.41, 5.74) is 4.91. The third kappa shape index (κ3) is 5.15. The van der Waals surface area contributed by atoms with Crippen molar-refractivity contribution in [3.05, 3.63) is 0 Å². The van der Waals surface area contributed by atoms with Gasteiger partial charge in [0.2, 0.25) is 5.91 Å². The van der Waals surface area contributed by atoms with Gasteiger partial charge in [0.15, 0.2) is 0 Å². The first-order chi connectivity index (χ1) is 8.64. The second-order valence-electron chi connectivity index (χ2n) is 5.22. The molecule has 110 valence electrons. The van der Waals surface area contributed by atoms with Crippen molar-refractivity contribution in [2.24, 2.45) is 5.73 Å². The van der Waals surface area contributed by atoms with Crippen LogP contribution in [0.2, 0.25) is 0 Å². The number of carbonyl (C=O) groups excluding carboxylic acids is 1. The summed E-state index contributed by atoms with van der Waals surface area (Å²) in [7, 11) is -3.16. The van der Waals surface area contributed by atoms with E-state index in [4.69, 9.17) is 10.8 Å². The highest BCUT2D eigenvalue weighted by Gasteiger charge is 2.41. The van der Waals surface area contributed by atoms with Crippen LogP contribution in [0.5, 0.6) is 0 Å². The molecule has 0 radical (unpaired) electrons. The van der Waals surface area contributed by atoms with Crippen molar-refractivity contribution in [2.45, 2.75) is 43.7 Å². The lowest BCUT2D eigenvalue weighted by Gasteiger charge is -2.42. The fourth-order valence-electron chi connectivity index (χ4n) is 2.07. The number of hydrogen-bond donors (Lipinski definition) is 3. The normalized spacial score (nSPS) is 19.3. The molecule has 1 saturated carbocycles. The third-order valence-corrected chi connectivity index (χ3v) is 4.30. The molecule has 0 bridgehead atoms. The van der Waals surface area contributed by atoms with Crippen molar-refractivity contribution < 1.29 is 23.1 Å². The zero-order valence-corrected chi connectivity index (χ0v) is 11.7. The van der Waals surface area contributed by atoms with Crippen LogP contribution in [0.4, 0.5) is 0 Å². The maximum atomic E-state index is 11.8. The zero-order chi connectivity index (χ0) is 14.7. The molecule has 1 aliphatic carbocycles. The van der Waals surface area contributed by atoms with Crippen LogP contribution in [-0.2, 0) is 19.4 Å². The maximum absolute atomic E-state index is 11.8. The lowest BCUT2D eigenvalue weighted by Crippen LogP contribution is -2.58. The number of nitrogens with one attached hydrogen (secondary N) is 1. The molecule has 1 unspecified atom stereocenters. The first-order valence-corrected chi connectivity index (χ1v) is 8.17. The lowest BCUT2D eigenvalue weighted by molar-refractivity contribution is -0.140. The van der Waals surface area contributed by atoms with Gasteiger partial charge in [-0.05, 0) is 25.7 Å². The third-order valence-electron chi connectivity index (χ3n) is 3.33. The van der Waals surface area contributed by atoms with Crippen LogP contribution in [0.25, 0.3) is 0 Å². The summed E-state index contributed by atoms with van der Waals surface area (Å²) in [5.74, 6) is -1.61. The Morgan fingerprint density at radius 3 is 2.37 bits per heavy atom. The molecule has 8 heteroatoms. The number of nitrogens with two attached hydrogens (primary N) is 1. The number of hydrogen-bond acceptors (Lipinski definition) is 5. The van der Waals surface area contributed by atoms with Gasteiger partial charge in [-0.25, -0.2) is 8.42 Å². The van der Waals surface area contributed by atoms with Gasteiger partial charge in [0.05, 0.1) is 23.8 Å². The van der Waals surface area contributed by atoms with E-state index in [-0.39, 0.29) is 18.6 Å². The van der Waals surface area contributed by atoms with E-state index in [1.54, 1.807) is 0 Å². The highest BCUT2D eigenvalue weighted by Crippen LogP contribution is 2.34. The van der Waals surface area contributed by atoms with Crippen LogP contribution in [0.1, 0.15) is 32.1 Å². The maximum Gasteiger partial charge on any atom is 0.305 e. The van der Waals surface area contributed by atoms with Crippen LogP contribution >= 0.6 is 0 Å². The van der Waals surface area contributed by atoms with E-state index in [2.05, 4.69) is 5.32 Å². The molecular formula is C11H20N2O5S. The van der Waals surface area contributed by atoms with Gasteiger partial charge in [-0.15, -0.1) is 0 Å². The first kappa shape index (κ1) is 15.9. The van der Waals surface area contributed by atoms with Crippen LogP contribution in [0, 0.1) is 0 Å². The Labute approximate surface area is 112 Å². The molecule has 19 heavy (non-hydrogen) atoms. The largest absolute Gasteiger partial charge is 0.481 e. The molecule has 7 nitrogen and oxygen atoms in total. The van der Waals surface area contributed by atoms with E-state index in [0.29, 0.717) is 12.8 Å². The second-order valence-corrected chi connectivity index (χ2v) is 7.48. The van der Waals surface area contributed by atoms with E-state index in [1.165, 1.54) is 0 Å². The average molecular weight is 292 g/mol. The Balaban J connectivity index is 2.51. The summed E-state index contributed by atoms with van der Waals surface area (Å²) < 4.78 is 22.0. The van der Waals surface area contributed by atoms with Gasteiger partial charge < -0.3 is 16.2 Å². The molecule has 0 aromatic rings. The molecule has 1 atom stereocenters. The van der Waals surface area contributed by atoms with E-state index in [1.807, 2.05) is 0 Å². The number of sulfone groups is 1. The van der Waals surface area contributed by atoms with Gasteiger partial charge in [0.1, 0.15) is 9.84 Å². The van der Waals surface area contributed by atoms with Crippen molar-refractivity contribution in [2.75, 3.05) is 12.0 Å². The summed E-state index contributed by atoms with van der Waals surface area (Å²) >= 11 is 0. The van der Waals surface area contributed by atoms with Crippen molar-refractivity contribution in [3.63, 3.8) is 0 Å². The van der Waals surface area contributed by atoms with Crippen LogP contribution in [0.15, 0.2) is 0 Å². The predicted octanol–water partition coefficient (Wildman–Crippen LogP) is -0.738. The smallest absolute Gasteiger partial charge is 0.305 e. The lowest BCUT2D eigenvalue weighted by atomic mass is 9.74. The molecule has 0 spiro atoms. The fourth-order valence-corrected chi connectivity index (χ4v) is 2.75. The minimum atomic E-state index is -3.16. The van der Waals surface area contributed by atoms with Crippen LogP contribution in [-0.4, -0.2) is 49.0 Å². The van der Waals surface area contributed by atoms with E-state index < -0.39 is 33.3 Å². The molecule has 0 aromatic heterocycles. The number of carboxylic acids is 1. The van der Waals surface area contributed by atoms with Gasteiger partial charge in [-0.3, -0.25) is 9.59 Å². The van der Waals surface area contributed by atoms with Gasteiger partial charge >= 0.3 is 5.97 Å². The molecule has 1 rings (SSSR count). The van der Waals surface area contributed by atoms with Gasteiger partial charge in [0.25, 0.3) is 0 Å². The summed E-state index contributed by atoms with van der Waals surface area (Å²) in [5, 5.41) is 11.5. The first-order valence-electron chi connectivity index (χ1n) is 6.11. The number of carboxylic acid groups (broad SMARTS) is 1. The van der Waals surface area contributed by atoms with E-state index in [0.717, 1.165) is 12.7 Å². The fraction of sp³-hybridized carbons (Fsp3) is 0.818. The van der Waals surface area contributed by atoms with Crippen molar-refractivity contribution >= 4 is 21.7 Å². The molecule has 0 aliphatic heterocycles. The van der Waals surface area contributed by atoms with Crippen LogP contribution < -0.4 is 11.1 Å². The quantitative estimate of drug-likeness (QED) is 0.567. The number of rotatable bonds is 7. The Morgan fingerprint density at radius 2 is 2.00 bits per heavy atom. The van der Waals surface area contributed by atoms with Gasteiger partial charge in [-0.2, -0.15) is 0 Å². The van der Waals surface area contributed by atoms with Gasteiger partial charge in [-0.1, -0.05) is 0 Å². The predicted molar refractivity (Wildman–Crippen MR) is 69.3 cm³/mol. The Bertz CT molecular complexity index is 456. The molecule has 1 fully saturated rings. The SMILES string of the molecule is CS(=O)(=O)CCC(N)C(=O)NC1(CC(=O)O)CCC1. The number of amides is 1. The average Bonchev–Trinajstić information content (AvgIpc) is 2.20. The standard InChI is InChI=1S/C11H20N2O5S/c1-19(17,18)6-3-8(12)10(16)13-11(4-2-5-11)7-9(14)15/h8H,2-7,12H2,1H3,(H,13,16)(H,14,15). The molecule has 1 aliphatic rings. The molecule has 1 amide bonds. The summed E-state index contributed by atoms with van der Waals surface area (Å²) in [6, 6.07) is -0.930. The monoisotopic (exact) mass is 292 g/mol. The summed E-state index contributed by atoms with van der Waals surface area (Å²) in [6.07, 6.45) is 3.08. The Hall–Kier alpha value is -1.15. The van der Waals surface area contributed by atoms with E-state index in [9.17, 15) is 18.0 Å².